The number of amides is 1. The number of carbonyl (C=O) groups is 13. The first-order valence-corrected chi connectivity index (χ1v) is 27.1. The second kappa shape index (κ2) is 27.2. The maximum absolute atomic E-state index is 15.3. The Morgan fingerprint density at radius 3 is 1.61 bits per heavy atom. The van der Waals surface area contributed by atoms with Crippen molar-refractivity contribution in [3.8, 4) is 34.1 Å². The molecule has 0 N–H and O–H groups in total. The van der Waals surface area contributed by atoms with Gasteiger partial charge in [-0.3, -0.25) is 62.3 Å². The lowest BCUT2D eigenvalue weighted by atomic mass is 9.73. The number of fused-ring (bicyclic) bond motifs is 5. The molecule has 29 nitrogen and oxygen atoms in total. The third-order valence-electron chi connectivity index (χ3n) is 13.7. The van der Waals surface area contributed by atoms with Crippen molar-refractivity contribution in [3.05, 3.63) is 68.8 Å². The fourth-order valence-electron chi connectivity index (χ4n) is 10.7. The number of carbonyl (C=O) groups excluding carboxylic acids is 13. The Bertz CT molecular complexity index is 3420. The lowest BCUT2D eigenvalue weighted by Gasteiger charge is -2.48. The van der Waals surface area contributed by atoms with Crippen molar-refractivity contribution < 1.29 is 133 Å². The van der Waals surface area contributed by atoms with E-state index in [2.05, 4.69) is 0 Å². The molecule has 2 fully saturated rings. The number of likely N-dealkylation sites (N-methyl/N-ethyl adjacent to an activating group) is 1. The summed E-state index contributed by atoms with van der Waals surface area (Å²) in [7, 11) is 2.46. The van der Waals surface area contributed by atoms with E-state index in [9.17, 15) is 52.7 Å². The minimum absolute atomic E-state index is 0.0439. The number of aryl methyl sites for hydroxylation is 1. The largest absolute Gasteiger partial charge is 0.497 e. The van der Waals surface area contributed by atoms with E-state index in [1.54, 1.807) is 0 Å². The lowest BCUT2D eigenvalue weighted by Crippen LogP contribution is -2.65. The average molecular weight is 1230 g/mol. The van der Waals surface area contributed by atoms with Gasteiger partial charge in [-0.15, -0.1) is 0 Å². The minimum Gasteiger partial charge on any atom is -0.497 e. The number of hydrogen-bond donors (Lipinski definition) is 0. The number of hydrogen-bond acceptors (Lipinski definition) is 28. The summed E-state index contributed by atoms with van der Waals surface area (Å²) in [5, 5.41) is 0. The van der Waals surface area contributed by atoms with Crippen LogP contribution in [-0.4, -0.2) is 171 Å². The Hall–Kier alpha value is -9.19. The Balaban J connectivity index is 1.56. The third-order valence-corrected chi connectivity index (χ3v) is 13.7. The van der Waals surface area contributed by atoms with Gasteiger partial charge in [0, 0.05) is 103 Å². The smallest absolute Gasteiger partial charge is 0.325 e. The van der Waals surface area contributed by atoms with Crippen LogP contribution in [0.15, 0.2) is 24.3 Å². The molecule has 2 saturated heterocycles. The van der Waals surface area contributed by atoms with Gasteiger partial charge in [-0.2, -0.15) is 0 Å². The van der Waals surface area contributed by atoms with E-state index < -0.39 is 214 Å². The molecule has 29 heteroatoms. The minimum atomic E-state index is -2.04. The second-order valence-corrected chi connectivity index (χ2v) is 20.5. The number of rotatable bonds is 18. The van der Waals surface area contributed by atoms with E-state index in [4.69, 9.17) is 71.1 Å². The van der Waals surface area contributed by atoms with Crippen LogP contribution in [0.4, 0.5) is 0 Å². The van der Waals surface area contributed by atoms with Gasteiger partial charge in [0.2, 0.25) is 0 Å². The molecule has 3 aromatic rings. The predicted octanol–water partition coefficient (Wildman–Crippen LogP) is 3.68. The SMILES string of the molecule is CCOC(=O)CN(C)C(=O)c1c(C)cc2c(c1OC(C)=O)-c1c(cc3c(c1OC(C)=O)C(=O)c1cc(OC)cc(OC(C)=O)c1C3=O)[C@H](OC(C)=O)[C@H]2O[C@@H]1O[C@H](C)[C@H](OC(C)=O)[C@H](O[C@@H]2OC[C@@H](OC(C)=O)[C@H](OC(C)=O)[C@H]2OC(C)=O)[C@H]1OC(C)=O. The van der Waals surface area contributed by atoms with Gasteiger partial charge in [-0.1, -0.05) is 6.07 Å². The van der Waals surface area contributed by atoms with Crippen LogP contribution < -0.4 is 18.9 Å². The topological polar surface area (TPSA) is 364 Å². The Labute approximate surface area is 501 Å². The van der Waals surface area contributed by atoms with Gasteiger partial charge in [0.05, 0.1) is 43.1 Å². The molecule has 2 aliphatic carbocycles. The van der Waals surface area contributed by atoms with Crippen LogP contribution in [-0.2, 0) is 100 Å². The number of methoxy groups -OCH3 is 1. The van der Waals surface area contributed by atoms with E-state index in [0.29, 0.717) is 0 Å². The standard InChI is InChI=1S/C59H63NO28/c1-15-75-40(70)20-60(13)57(73)41-22(2)16-36-43(52(41)83-29(9)66)44-37(19-35-45(53(44)84-30(10)67)47(72)34-17-33(74-14)18-38(78-24(4)61)42(34)46(35)71)49(81-27(7)64)50(36)87-59-56(86-32(12)69)54(48(23(3)77-59)80-26(6)63)88-58-55(85-31(11)68)51(82-28(8)65)39(21-76-58)79-25(5)62/h16-19,23,39,48-51,54-56,58-59H,15,20-21H2,1-14H3/t23-,39-,48+,49+,50+,51+,54+,55-,56-,58+,59+/m1/s1. The molecule has 0 radical (unpaired) electrons. The molecule has 0 bridgehead atoms. The molecule has 11 atom stereocenters. The first-order chi connectivity index (χ1) is 41.4. The summed E-state index contributed by atoms with van der Waals surface area (Å²) in [6, 6.07) is 4.69. The van der Waals surface area contributed by atoms with Crippen LogP contribution in [0.5, 0.6) is 23.0 Å². The van der Waals surface area contributed by atoms with Gasteiger partial charge in [-0.25, -0.2) is 0 Å². The molecular weight excluding hydrogens is 1170 g/mol. The highest BCUT2D eigenvalue weighted by molar-refractivity contribution is 6.31. The summed E-state index contributed by atoms with van der Waals surface area (Å²) >= 11 is 0. The summed E-state index contributed by atoms with van der Waals surface area (Å²) in [6.45, 7) is 11.9. The molecule has 0 aromatic heterocycles. The van der Waals surface area contributed by atoms with Gasteiger partial charge in [-0.05, 0) is 44.0 Å². The van der Waals surface area contributed by atoms with Gasteiger partial charge in [0.1, 0.15) is 30.3 Å². The maximum Gasteiger partial charge on any atom is 0.325 e. The van der Waals surface area contributed by atoms with Gasteiger partial charge in [0.25, 0.3) is 5.91 Å². The van der Waals surface area contributed by atoms with Crippen LogP contribution >= 0.6 is 0 Å². The Morgan fingerprint density at radius 2 is 1.06 bits per heavy atom. The van der Waals surface area contributed by atoms with Crippen LogP contribution in [0.2, 0.25) is 0 Å². The number of benzene rings is 3. The maximum atomic E-state index is 15.3. The molecule has 0 unspecified atom stereocenters. The summed E-state index contributed by atoms with van der Waals surface area (Å²) < 4.78 is 88.0. The molecular formula is C59H63NO28. The quantitative estimate of drug-likeness (QED) is 0.0779. The van der Waals surface area contributed by atoms with Crippen molar-refractivity contribution in [2.75, 3.05) is 33.9 Å². The summed E-state index contributed by atoms with van der Waals surface area (Å²) in [4.78, 5) is 177. The van der Waals surface area contributed by atoms with E-state index >= 15 is 9.59 Å². The van der Waals surface area contributed by atoms with Crippen molar-refractivity contribution in [3.63, 3.8) is 0 Å². The highest BCUT2D eigenvalue weighted by Crippen LogP contribution is 2.59. The molecule has 1 amide bonds. The molecule has 4 aliphatic rings. The molecule has 3 aromatic carbocycles. The Kier molecular flexibility index (Phi) is 20.5. The summed E-state index contributed by atoms with van der Waals surface area (Å²) in [6.07, 6.45) is -19.5. The first kappa shape index (κ1) is 66.3. The zero-order valence-electron chi connectivity index (χ0n) is 50.2. The molecule has 0 spiro atoms. The summed E-state index contributed by atoms with van der Waals surface area (Å²) in [5.74, 6) is -14.7. The second-order valence-electron chi connectivity index (χ2n) is 20.5. The highest BCUT2D eigenvalue weighted by atomic mass is 16.8. The van der Waals surface area contributed by atoms with Crippen LogP contribution in [0.25, 0.3) is 11.1 Å². The van der Waals surface area contributed by atoms with Gasteiger partial charge >= 0.3 is 59.7 Å². The van der Waals surface area contributed by atoms with Gasteiger partial charge in [0.15, 0.2) is 72.3 Å². The van der Waals surface area contributed by atoms with Crippen LogP contribution in [0.3, 0.4) is 0 Å². The van der Waals surface area contributed by atoms with E-state index in [1.165, 1.54) is 41.0 Å². The van der Waals surface area contributed by atoms with E-state index in [0.717, 1.165) is 85.4 Å². The van der Waals surface area contributed by atoms with Crippen LogP contribution in [0.1, 0.15) is 147 Å². The zero-order chi connectivity index (χ0) is 65.1. The van der Waals surface area contributed by atoms with Crippen molar-refractivity contribution in [2.24, 2.45) is 0 Å². The van der Waals surface area contributed by atoms with Crippen LogP contribution in [0, 0.1) is 6.92 Å². The normalized spacial score (nSPS) is 23.1. The van der Waals surface area contributed by atoms with E-state index in [1.807, 2.05) is 0 Å². The monoisotopic (exact) mass is 1230 g/mol. The molecule has 2 heterocycles. The third kappa shape index (κ3) is 14.1. The molecule has 88 heavy (non-hydrogen) atoms. The summed E-state index contributed by atoms with van der Waals surface area (Å²) in [5.41, 5.74) is -3.98. The zero-order valence-corrected chi connectivity index (χ0v) is 50.2. The fraction of sp³-hybridized carbons (Fsp3) is 0.475. The highest BCUT2D eigenvalue weighted by Gasteiger charge is 2.57. The number of ketones is 2. The fourth-order valence-corrected chi connectivity index (χ4v) is 10.7. The predicted molar refractivity (Wildman–Crippen MR) is 289 cm³/mol. The number of esters is 10. The molecule has 2 aliphatic heterocycles. The number of ether oxygens (including phenoxy) is 15. The first-order valence-electron chi connectivity index (χ1n) is 27.1. The van der Waals surface area contributed by atoms with Crippen molar-refractivity contribution in [1.82, 2.24) is 4.90 Å². The molecule has 7 rings (SSSR count). The van der Waals surface area contributed by atoms with Crippen molar-refractivity contribution in [2.45, 2.75) is 151 Å². The van der Waals surface area contributed by atoms with Gasteiger partial charge < -0.3 is 76.0 Å². The molecule has 472 valence electrons. The number of nitrogens with zero attached hydrogens (tertiary/aromatic N) is 1. The van der Waals surface area contributed by atoms with Crippen molar-refractivity contribution in [1.29, 1.82) is 0 Å². The average Bonchev–Trinajstić information content (AvgIpc) is 0.720. The lowest BCUT2D eigenvalue weighted by molar-refractivity contribution is -0.355. The Morgan fingerprint density at radius 1 is 0.545 bits per heavy atom. The molecule has 0 saturated carbocycles. The van der Waals surface area contributed by atoms with E-state index in [-0.39, 0.29) is 29.0 Å². The van der Waals surface area contributed by atoms with Crippen molar-refractivity contribution >= 4 is 77.2 Å².